The van der Waals surface area contributed by atoms with Gasteiger partial charge in [0.1, 0.15) is 0 Å². The first-order valence-electron chi connectivity index (χ1n) is 6.35. The van der Waals surface area contributed by atoms with Crippen molar-refractivity contribution in [2.24, 2.45) is 0 Å². The summed E-state index contributed by atoms with van der Waals surface area (Å²) in [4.78, 5) is 11.9. The predicted octanol–water partition coefficient (Wildman–Crippen LogP) is 3.30. The molecule has 1 aliphatic rings. The van der Waals surface area contributed by atoms with Crippen LogP contribution in [0.25, 0.3) is 11.0 Å². The number of nitrogens with zero attached hydrogens (tertiary/aromatic N) is 3. The number of hydrogen-bond donors (Lipinski definition) is 0. The molecule has 1 aliphatic heterocycles. The molecule has 18 heavy (non-hydrogen) atoms. The van der Waals surface area contributed by atoms with E-state index in [2.05, 4.69) is 32.7 Å². The molecule has 2 heterocycles. The second-order valence-corrected chi connectivity index (χ2v) is 5.41. The number of aromatic nitrogens is 2. The van der Waals surface area contributed by atoms with Crippen molar-refractivity contribution in [1.29, 1.82) is 0 Å². The van der Waals surface area contributed by atoms with Crippen LogP contribution >= 0.6 is 15.9 Å². The molecule has 0 bridgehead atoms. The minimum Gasteiger partial charge on any atom is -0.351 e. The molecule has 2 aromatic rings. The van der Waals surface area contributed by atoms with Crippen molar-refractivity contribution in [2.75, 3.05) is 16.8 Å². The van der Waals surface area contributed by atoms with Gasteiger partial charge >= 0.3 is 0 Å². The number of anilines is 1. The molecule has 1 unspecified atom stereocenters. The highest BCUT2D eigenvalue weighted by molar-refractivity contribution is 9.09. The lowest BCUT2D eigenvalue weighted by molar-refractivity contribution is 0.738. The number of halogens is 1. The highest BCUT2D eigenvalue weighted by atomic mass is 79.9. The van der Waals surface area contributed by atoms with E-state index in [1.165, 1.54) is 12.8 Å². The highest BCUT2D eigenvalue weighted by Crippen LogP contribution is 2.28. The molecule has 3 nitrogen and oxygen atoms in total. The summed E-state index contributed by atoms with van der Waals surface area (Å²) in [6.07, 6.45) is 2.48. The molecule has 0 amide bonds. The van der Waals surface area contributed by atoms with Crippen LogP contribution in [-0.2, 0) is 0 Å². The average molecular weight is 306 g/mol. The van der Waals surface area contributed by atoms with Crippen LogP contribution in [0, 0.1) is 6.92 Å². The van der Waals surface area contributed by atoms with Crippen LogP contribution in [0.5, 0.6) is 0 Å². The summed E-state index contributed by atoms with van der Waals surface area (Å²) in [6, 6.07) is 8.63. The molecule has 3 rings (SSSR count). The normalized spacial score (nSPS) is 19.7. The predicted molar refractivity (Wildman–Crippen MR) is 78.4 cm³/mol. The first-order valence-corrected chi connectivity index (χ1v) is 7.48. The smallest absolute Gasteiger partial charge is 0.151 e. The van der Waals surface area contributed by atoms with Crippen LogP contribution < -0.4 is 4.90 Å². The van der Waals surface area contributed by atoms with Gasteiger partial charge in [0.05, 0.1) is 16.7 Å². The first-order chi connectivity index (χ1) is 8.79. The van der Waals surface area contributed by atoms with Crippen LogP contribution in [0.4, 0.5) is 5.82 Å². The van der Waals surface area contributed by atoms with E-state index in [-0.39, 0.29) is 0 Å². The molecule has 0 aliphatic carbocycles. The Labute approximate surface area is 115 Å². The minimum absolute atomic E-state index is 0.555. The van der Waals surface area contributed by atoms with E-state index in [9.17, 15) is 0 Å². The van der Waals surface area contributed by atoms with Crippen molar-refractivity contribution >= 4 is 32.8 Å². The SMILES string of the molecule is Cc1nc2ccccc2nc1N1CCCC1CBr. The van der Waals surface area contributed by atoms with Crippen LogP contribution in [0.2, 0.25) is 0 Å². The maximum atomic E-state index is 4.80. The molecular weight excluding hydrogens is 290 g/mol. The third-order valence-electron chi connectivity index (χ3n) is 3.55. The summed E-state index contributed by atoms with van der Waals surface area (Å²) in [6.45, 7) is 3.14. The van der Waals surface area contributed by atoms with E-state index in [1.54, 1.807) is 0 Å². The van der Waals surface area contributed by atoms with Crippen molar-refractivity contribution in [1.82, 2.24) is 9.97 Å². The molecule has 0 radical (unpaired) electrons. The highest BCUT2D eigenvalue weighted by Gasteiger charge is 2.26. The number of benzene rings is 1. The summed E-state index contributed by atoms with van der Waals surface area (Å²) in [5, 5.41) is 1.00. The lowest BCUT2D eigenvalue weighted by Crippen LogP contribution is -2.32. The van der Waals surface area contributed by atoms with Gasteiger partial charge in [-0.15, -0.1) is 0 Å². The molecule has 1 saturated heterocycles. The molecule has 0 saturated carbocycles. The van der Waals surface area contributed by atoms with Gasteiger partial charge in [0.15, 0.2) is 5.82 Å². The van der Waals surface area contributed by atoms with E-state index in [1.807, 2.05) is 24.3 Å². The summed E-state index contributed by atoms with van der Waals surface area (Å²) in [7, 11) is 0. The van der Waals surface area contributed by atoms with E-state index in [4.69, 9.17) is 4.98 Å². The quantitative estimate of drug-likeness (QED) is 0.797. The molecule has 1 atom stereocenters. The molecule has 0 N–H and O–H groups in total. The van der Waals surface area contributed by atoms with Crippen LogP contribution in [-0.4, -0.2) is 27.9 Å². The topological polar surface area (TPSA) is 29.0 Å². The Kier molecular flexibility index (Phi) is 3.20. The fourth-order valence-electron chi connectivity index (χ4n) is 2.63. The summed E-state index contributed by atoms with van der Waals surface area (Å²) < 4.78 is 0. The molecule has 1 fully saturated rings. The van der Waals surface area contributed by atoms with Gasteiger partial charge in [0.2, 0.25) is 0 Å². The first kappa shape index (κ1) is 11.9. The van der Waals surface area contributed by atoms with Crippen molar-refractivity contribution in [3.8, 4) is 0 Å². The fraction of sp³-hybridized carbons (Fsp3) is 0.429. The van der Waals surface area contributed by atoms with Crippen LogP contribution in [0.15, 0.2) is 24.3 Å². The molecule has 4 heteroatoms. The van der Waals surface area contributed by atoms with E-state index >= 15 is 0 Å². The van der Waals surface area contributed by atoms with Gasteiger partial charge in [-0.1, -0.05) is 28.1 Å². The van der Waals surface area contributed by atoms with Gasteiger partial charge < -0.3 is 4.90 Å². The Bertz CT molecular complexity index is 570. The van der Waals surface area contributed by atoms with Crippen LogP contribution in [0.1, 0.15) is 18.5 Å². The van der Waals surface area contributed by atoms with Gasteiger partial charge in [-0.2, -0.15) is 0 Å². The lowest BCUT2D eigenvalue weighted by Gasteiger charge is -2.25. The van der Waals surface area contributed by atoms with Gasteiger partial charge in [0, 0.05) is 17.9 Å². The molecule has 0 spiro atoms. The van der Waals surface area contributed by atoms with Crippen molar-refractivity contribution < 1.29 is 0 Å². The zero-order valence-electron chi connectivity index (χ0n) is 10.4. The van der Waals surface area contributed by atoms with Crippen molar-refractivity contribution in [2.45, 2.75) is 25.8 Å². The Balaban J connectivity index is 2.08. The monoisotopic (exact) mass is 305 g/mol. The third-order valence-corrected chi connectivity index (χ3v) is 4.29. The van der Waals surface area contributed by atoms with E-state index in [0.717, 1.165) is 34.4 Å². The average Bonchev–Trinajstić information content (AvgIpc) is 2.86. The number of hydrogen-bond acceptors (Lipinski definition) is 3. The summed E-state index contributed by atoms with van der Waals surface area (Å²) in [5.74, 6) is 1.05. The number of alkyl halides is 1. The number of aryl methyl sites for hydroxylation is 1. The number of rotatable bonds is 2. The van der Waals surface area contributed by atoms with Gasteiger partial charge in [0.25, 0.3) is 0 Å². The minimum atomic E-state index is 0.555. The molecule has 1 aromatic heterocycles. The Morgan fingerprint density at radius 1 is 1.28 bits per heavy atom. The molecular formula is C14H16BrN3. The van der Waals surface area contributed by atoms with Gasteiger partial charge in [-0.25, -0.2) is 9.97 Å². The molecule has 1 aromatic carbocycles. The number of para-hydroxylation sites is 2. The van der Waals surface area contributed by atoms with E-state index in [0.29, 0.717) is 6.04 Å². The second-order valence-electron chi connectivity index (χ2n) is 4.77. The largest absolute Gasteiger partial charge is 0.351 e. The Morgan fingerprint density at radius 3 is 2.72 bits per heavy atom. The second kappa shape index (κ2) is 4.84. The number of fused-ring (bicyclic) bond motifs is 1. The lowest BCUT2D eigenvalue weighted by atomic mass is 10.2. The van der Waals surface area contributed by atoms with E-state index < -0.39 is 0 Å². The Hall–Kier alpha value is -1.16. The van der Waals surface area contributed by atoms with Gasteiger partial charge in [-0.3, -0.25) is 0 Å². The maximum absolute atomic E-state index is 4.80. The molecule has 94 valence electrons. The summed E-state index contributed by atoms with van der Waals surface area (Å²) >= 11 is 3.60. The van der Waals surface area contributed by atoms with Crippen LogP contribution in [0.3, 0.4) is 0 Å². The van der Waals surface area contributed by atoms with Gasteiger partial charge in [-0.05, 0) is 31.9 Å². The summed E-state index contributed by atoms with van der Waals surface area (Å²) in [5.41, 5.74) is 2.99. The zero-order chi connectivity index (χ0) is 12.5. The zero-order valence-corrected chi connectivity index (χ0v) is 12.0. The Morgan fingerprint density at radius 2 is 2.00 bits per heavy atom. The fourth-order valence-corrected chi connectivity index (χ4v) is 3.30. The van der Waals surface area contributed by atoms with Crippen molar-refractivity contribution in [3.63, 3.8) is 0 Å². The van der Waals surface area contributed by atoms with Crippen molar-refractivity contribution in [3.05, 3.63) is 30.0 Å². The standard InChI is InChI=1S/C14H16BrN3/c1-10-14(18-8-4-5-11(18)9-15)17-13-7-3-2-6-12(13)16-10/h2-3,6-7,11H,4-5,8-9H2,1H3. The third kappa shape index (κ3) is 1.99. The maximum Gasteiger partial charge on any atom is 0.151 e.